The lowest BCUT2D eigenvalue weighted by Crippen LogP contribution is -2.03. The highest BCUT2D eigenvalue weighted by Crippen LogP contribution is 2.19. The fraction of sp³-hybridized carbons (Fsp3) is 0.923. The van der Waals surface area contributed by atoms with Crippen LogP contribution in [0.25, 0.3) is 0 Å². The van der Waals surface area contributed by atoms with Gasteiger partial charge in [-0.25, -0.2) is 0 Å². The Kier molecular flexibility index (Phi) is 7.41. The molecule has 2 unspecified atom stereocenters. The topological polar surface area (TPSA) is 0 Å². The standard InChI is InChI=1S/C13H27/c1-6-12(4)9-7-8-10-13(5)11(2)3/h11-13H,1,6-10H2,2-5H3. The van der Waals surface area contributed by atoms with Gasteiger partial charge < -0.3 is 0 Å². The van der Waals surface area contributed by atoms with Gasteiger partial charge in [0, 0.05) is 0 Å². The third-order valence-corrected chi connectivity index (χ3v) is 3.24. The summed E-state index contributed by atoms with van der Waals surface area (Å²) in [6.07, 6.45) is 6.67. The van der Waals surface area contributed by atoms with Crippen LogP contribution in [0.3, 0.4) is 0 Å². The summed E-state index contributed by atoms with van der Waals surface area (Å²) < 4.78 is 0. The predicted molar refractivity (Wildman–Crippen MR) is 61.6 cm³/mol. The van der Waals surface area contributed by atoms with Gasteiger partial charge in [-0.1, -0.05) is 66.7 Å². The van der Waals surface area contributed by atoms with E-state index < -0.39 is 0 Å². The van der Waals surface area contributed by atoms with E-state index in [2.05, 4.69) is 34.6 Å². The van der Waals surface area contributed by atoms with Crippen LogP contribution in [0.4, 0.5) is 0 Å². The minimum atomic E-state index is 0.828. The van der Waals surface area contributed by atoms with Crippen LogP contribution in [0, 0.1) is 24.7 Å². The van der Waals surface area contributed by atoms with Crippen LogP contribution in [-0.4, -0.2) is 0 Å². The monoisotopic (exact) mass is 183 g/mol. The van der Waals surface area contributed by atoms with Crippen molar-refractivity contribution in [2.24, 2.45) is 17.8 Å². The maximum Gasteiger partial charge on any atom is -0.0420 e. The first-order valence-corrected chi connectivity index (χ1v) is 5.87. The van der Waals surface area contributed by atoms with Gasteiger partial charge in [0.15, 0.2) is 0 Å². The Balaban J connectivity index is 3.25. The molecule has 1 radical (unpaired) electrons. The molecule has 13 heavy (non-hydrogen) atoms. The summed E-state index contributed by atoms with van der Waals surface area (Å²) >= 11 is 0. The molecule has 0 heteroatoms. The molecule has 0 fully saturated rings. The Morgan fingerprint density at radius 3 is 1.92 bits per heavy atom. The van der Waals surface area contributed by atoms with Crippen LogP contribution >= 0.6 is 0 Å². The van der Waals surface area contributed by atoms with Crippen molar-refractivity contribution in [2.75, 3.05) is 0 Å². The normalized spacial score (nSPS) is 16.2. The van der Waals surface area contributed by atoms with E-state index >= 15 is 0 Å². The molecule has 0 aromatic rings. The zero-order valence-corrected chi connectivity index (χ0v) is 9.97. The molecule has 0 aliphatic rings. The number of hydrogen-bond donors (Lipinski definition) is 0. The van der Waals surface area contributed by atoms with Crippen LogP contribution < -0.4 is 0 Å². The van der Waals surface area contributed by atoms with Crippen molar-refractivity contribution >= 4 is 0 Å². The zero-order chi connectivity index (χ0) is 10.3. The Labute approximate surface area is 85.1 Å². The van der Waals surface area contributed by atoms with Crippen molar-refractivity contribution in [1.29, 1.82) is 0 Å². The highest BCUT2D eigenvalue weighted by Gasteiger charge is 2.06. The fourth-order valence-electron chi connectivity index (χ4n) is 1.44. The largest absolute Gasteiger partial charge is 0.0625 e. The van der Waals surface area contributed by atoms with Gasteiger partial charge in [-0.15, -0.1) is 0 Å². The Morgan fingerprint density at radius 1 is 0.923 bits per heavy atom. The number of hydrogen-bond acceptors (Lipinski definition) is 0. The maximum absolute atomic E-state index is 3.93. The summed E-state index contributed by atoms with van der Waals surface area (Å²) in [5, 5.41) is 0. The second-order valence-electron chi connectivity index (χ2n) is 4.90. The molecule has 0 spiro atoms. The van der Waals surface area contributed by atoms with Crippen LogP contribution in [0.15, 0.2) is 0 Å². The second kappa shape index (κ2) is 7.41. The molecule has 79 valence electrons. The van der Waals surface area contributed by atoms with E-state index in [9.17, 15) is 0 Å². The summed E-state index contributed by atoms with van der Waals surface area (Å²) in [6, 6.07) is 0. The fourth-order valence-corrected chi connectivity index (χ4v) is 1.44. The Morgan fingerprint density at radius 2 is 1.46 bits per heavy atom. The molecule has 2 atom stereocenters. The van der Waals surface area contributed by atoms with E-state index in [1.165, 1.54) is 25.7 Å². The van der Waals surface area contributed by atoms with Crippen LogP contribution in [0.2, 0.25) is 0 Å². The summed E-state index contributed by atoms with van der Waals surface area (Å²) in [5.41, 5.74) is 0. The van der Waals surface area contributed by atoms with Crippen molar-refractivity contribution in [3.05, 3.63) is 6.92 Å². The molecular formula is C13H27. The molecule has 0 nitrogen and oxygen atoms in total. The third-order valence-electron chi connectivity index (χ3n) is 3.24. The van der Waals surface area contributed by atoms with Gasteiger partial charge in [0.2, 0.25) is 0 Å². The quantitative estimate of drug-likeness (QED) is 0.502. The minimum Gasteiger partial charge on any atom is -0.0625 e. The van der Waals surface area contributed by atoms with Crippen molar-refractivity contribution in [1.82, 2.24) is 0 Å². The van der Waals surface area contributed by atoms with Gasteiger partial charge in [0.1, 0.15) is 0 Å². The molecule has 0 saturated heterocycles. The lowest BCUT2D eigenvalue weighted by molar-refractivity contribution is 0.368. The lowest BCUT2D eigenvalue weighted by Gasteiger charge is -2.15. The molecule has 0 saturated carbocycles. The summed E-state index contributed by atoms with van der Waals surface area (Å²) in [4.78, 5) is 0. The van der Waals surface area contributed by atoms with Crippen LogP contribution in [0.1, 0.15) is 59.8 Å². The Hall–Kier alpha value is 0. The number of rotatable bonds is 7. The van der Waals surface area contributed by atoms with E-state index in [-0.39, 0.29) is 0 Å². The summed E-state index contributed by atoms with van der Waals surface area (Å²) in [7, 11) is 0. The zero-order valence-electron chi connectivity index (χ0n) is 9.97. The van der Waals surface area contributed by atoms with Gasteiger partial charge in [0.25, 0.3) is 0 Å². The molecule has 0 amide bonds. The van der Waals surface area contributed by atoms with E-state index in [0.717, 1.165) is 24.2 Å². The van der Waals surface area contributed by atoms with Crippen molar-refractivity contribution < 1.29 is 0 Å². The Bertz CT molecular complexity index is 105. The average molecular weight is 183 g/mol. The molecule has 0 aliphatic heterocycles. The van der Waals surface area contributed by atoms with Gasteiger partial charge in [-0.05, 0) is 17.8 Å². The first kappa shape index (κ1) is 13.0. The van der Waals surface area contributed by atoms with Crippen LogP contribution in [0.5, 0.6) is 0 Å². The van der Waals surface area contributed by atoms with Gasteiger partial charge in [-0.3, -0.25) is 0 Å². The van der Waals surface area contributed by atoms with Crippen molar-refractivity contribution in [3.8, 4) is 0 Å². The van der Waals surface area contributed by atoms with Gasteiger partial charge in [-0.2, -0.15) is 0 Å². The predicted octanol–water partition coefficient (Wildman–Crippen LogP) is 4.70. The number of unbranched alkanes of at least 4 members (excludes halogenated alkanes) is 1. The molecule has 0 N–H and O–H groups in total. The van der Waals surface area contributed by atoms with Gasteiger partial charge >= 0.3 is 0 Å². The molecule has 0 heterocycles. The lowest BCUT2D eigenvalue weighted by atomic mass is 9.91. The molecule has 0 bridgehead atoms. The van der Waals surface area contributed by atoms with E-state index in [4.69, 9.17) is 0 Å². The average Bonchev–Trinajstić information content (AvgIpc) is 2.11. The van der Waals surface area contributed by atoms with Crippen molar-refractivity contribution in [3.63, 3.8) is 0 Å². The summed E-state index contributed by atoms with van der Waals surface area (Å²) in [6.45, 7) is 13.2. The van der Waals surface area contributed by atoms with E-state index in [1.54, 1.807) is 0 Å². The first-order chi connectivity index (χ1) is 6.07. The van der Waals surface area contributed by atoms with Gasteiger partial charge in [0.05, 0.1) is 0 Å². The maximum atomic E-state index is 3.93. The molecular weight excluding hydrogens is 156 g/mol. The molecule has 0 aromatic carbocycles. The van der Waals surface area contributed by atoms with E-state index in [1.807, 2.05) is 0 Å². The minimum absolute atomic E-state index is 0.828. The van der Waals surface area contributed by atoms with Crippen molar-refractivity contribution in [2.45, 2.75) is 59.8 Å². The third kappa shape index (κ3) is 7.10. The molecule has 0 rings (SSSR count). The second-order valence-corrected chi connectivity index (χ2v) is 4.90. The smallest absolute Gasteiger partial charge is 0.0420 e. The van der Waals surface area contributed by atoms with Crippen LogP contribution in [-0.2, 0) is 0 Å². The highest BCUT2D eigenvalue weighted by molar-refractivity contribution is 4.59. The molecule has 0 aromatic heterocycles. The summed E-state index contributed by atoms with van der Waals surface area (Å²) in [5.74, 6) is 2.58. The van der Waals surface area contributed by atoms with E-state index in [0.29, 0.717) is 0 Å². The SMILES string of the molecule is [CH2]CC(C)CCCCC(C)C(C)C. The first-order valence-electron chi connectivity index (χ1n) is 5.87. The molecule has 0 aliphatic carbocycles. The highest BCUT2D eigenvalue weighted by atomic mass is 14.1.